The Morgan fingerprint density at radius 3 is 1.67 bits per heavy atom. The van der Waals surface area contributed by atoms with Crippen molar-refractivity contribution in [2.24, 2.45) is 0 Å². The van der Waals surface area contributed by atoms with Gasteiger partial charge in [0.1, 0.15) is 11.6 Å². The number of pyridine rings is 1. The summed E-state index contributed by atoms with van der Waals surface area (Å²) < 4.78 is 79.0. The van der Waals surface area contributed by atoms with Crippen molar-refractivity contribution in [3.05, 3.63) is 94.7 Å². The van der Waals surface area contributed by atoms with Gasteiger partial charge in [-0.2, -0.15) is 26.3 Å². The summed E-state index contributed by atoms with van der Waals surface area (Å²) in [6.45, 7) is 0. The topological polar surface area (TPSA) is 59.1 Å². The molecule has 1 fully saturated rings. The Labute approximate surface area is 201 Å². The fourth-order valence-corrected chi connectivity index (χ4v) is 5.54. The first kappa shape index (κ1) is 24.0. The monoisotopic (exact) mass is 504 g/mol. The normalized spacial score (nSPS) is 24.1. The molecule has 1 saturated carbocycles. The van der Waals surface area contributed by atoms with Gasteiger partial charge < -0.3 is 5.32 Å². The Hall–Kier alpha value is -3.69. The molecule has 2 aliphatic rings. The van der Waals surface area contributed by atoms with Crippen LogP contribution in [0.3, 0.4) is 0 Å². The number of benzene rings is 2. The Kier molecular flexibility index (Phi) is 5.46. The van der Waals surface area contributed by atoms with Crippen molar-refractivity contribution < 1.29 is 35.9 Å². The molecular weight excluding hydrogens is 486 g/mol. The number of ketones is 1. The molecule has 36 heavy (non-hydrogen) atoms. The van der Waals surface area contributed by atoms with Crippen LogP contribution in [0.25, 0.3) is 0 Å². The van der Waals surface area contributed by atoms with E-state index in [1.807, 2.05) is 0 Å². The zero-order chi connectivity index (χ0) is 25.9. The van der Waals surface area contributed by atoms with Crippen molar-refractivity contribution in [1.29, 1.82) is 0 Å². The molecule has 2 atom stereocenters. The number of halogens is 6. The number of aromatic nitrogens is 1. The molecular formula is C26H18F6N2O2. The maximum Gasteiger partial charge on any atom is 0.416 e. The van der Waals surface area contributed by atoms with Crippen LogP contribution >= 0.6 is 0 Å². The standard InChI is InChI=1S/C26H18F6N2O2/c27-25(28,29)16-7-3-14(4-8-16)20-12-18(35)13-21(15-5-9-17(10-6-15)26(30,31)32)24(20)19-2-1-11-33-22(19)34-23(24)36/h1-11,20-21H,12-13H2,(H,33,34,36). The molecule has 1 amide bonds. The second-order valence-corrected chi connectivity index (χ2v) is 9.01. The van der Waals surface area contributed by atoms with Gasteiger partial charge >= 0.3 is 12.4 Å². The first-order valence-electron chi connectivity index (χ1n) is 11.1. The Morgan fingerprint density at radius 1 is 0.750 bits per heavy atom. The molecule has 4 nitrogen and oxygen atoms in total. The first-order valence-corrected chi connectivity index (χ1v) is 11.1. The lowest BCUT2D eigenvalue weighted by Crippen LogP contribution is -2.50. The third kappa shape index (κ3) is 3.75. The maximum absolute atomic E-state index is 13.7. The van der Waals surface area contributed by atoms with E-state index in [0.717, 1.165) is 24.3 Å². The Morgan fingerprint density at radius 2 is 1.22 bits per heavy atom. The molecule has 2 unspecified atom stereocenters. The van der Waals surface area contributed by atoms with Crippen LogP contribution in [-0.2, 0) is 27.4 Å². The molecule has 1 aromatic heterocycles. The van der Waals surface area contributed by atoms with Gasteiger partial charge in [-0.25, -0.2) is 4.98 Å². The number of alkyl halides is 6. The summed E-state index contributed by atoms with van der Waals surface area (Å²) in [5, 5.41) is 2.72. The fraction of sp³-hybridized carbons (Fsp3) is 0.269. The molecule has 2 heterocycles. The summed E-state index contributed by atoms with van der Waals surface area (Å²) in [5.74, 6) is -2.22. The molecule has 0 saturated heterocycles. The van der Waals surface area contributed by atoms with Crippen molar-refractivity contribution in [3.8, 4) is 0 Å². The van der Waals surface area contributed by atoms with E-state index in [2.05, 4.69) is 10.3 Å². The average molecular weight is 504 g/mol. The molecule has 1 aliphatic carbocycles. The second kappa shape index (κ2) is 8.18. The summed E-state index contributed by atoms with van der Waals surface area (Å²) >= 11 is 0. The van der Waals surface area contributed by atoms with E-state index < -0.39 is 46.6 Å². The highest BCUT2D eigenvalue weighted by molar-refractivity contribution is 6.08. The summed E-state index contributed by atoms with van der Waals surface area (Å²) in [5.41, 5.74) is -2.06. The predicted octanol–water partition coefficient (Wildman–Crippen LogP) is 6.24. The second-order valence-electron chi connectivity index (χ2n) is 9.01. The van der Waals surface area contributed by atoms with Crippen molar-refractivity contribution in [2.75, 3.05) is 5.32 Å². The molecule has 10 heteroatoms. The van der Waals surface area contributed by atoms with E-state index in [0.29, 0.717) is 16.7 Å². The average Bonchev–Trinajstić information content (AvgIpc) is 3.11. The van der Waals surface area contributed by atoms with Gasteiger partial charge in [-0.3, -0.25) is 9.59 Å². The van der Waals surface area contributed by atoms with Gasteiger partial charge in [0.05, 0.1) is 16.5 Å². The van der Waals surface area contributed by atoms with Crippen LogP contribution in [0.4, 0.5) is 32.2 Å². The zero-order valence-electron chi connectivity index (χ0n) is 18.5. The fourth-order valence-electron chi connectivity index (χ4n) is 5.54. The zero-order valence-corrected chi connectivity index (χ0v) is 18.5. The molecule has 5 rings (SSSR count). The minimum absolute atomic E-state index is 0.121. The van der Waals surface area contributed by atoms with Crippen LogP contribution in [0.2, 0.25) is 0 Å². The Balaban J connectivity index is 1.70. The molecule has 0 bridgehead atoms. The number of Topliss-reactive ketones (excluding diaryl/α,β-unsaturated/α-hetero) is 1. The van der Waals surface area contributed by atoms with Gasteiger partial charge in [0, 0.05) is 36.4 Å². The summed E-state index contributed by atoms with van der Waals surface area (Å²) in [7, 11) is 0. The lowest BCUT2D eigenvalue weighted by Gasteiger charge is -2.45. The molecule has 3 aromatic rings. The molecule has 1 spiro atoms. The predicted molar refractivity (Wildman–Crippen MR) is 117 cm³/mol. The van der Waals surface area contributed by atoms with Crippen LogP contribution in [0, 0.1) is 0 Å². The van der Waals surface area contributed by atoms with Crippen LogP contribution in [0.5, 0.6) is 0 Å². The van der Waals surface area contributed by atoms with Crippen LogP contribution in [-0.4, -0.2) is 16.7 Å². The lowest BCUT2D eigenvalue weighted by atomic mass is 9.54. The molecule has 1 aliphatic heterocycles. The molecule has 2 aromatic carbocycles. The maximum atomic E-state index is 13.7. The third-order valence-corrected chi connectivity index (χ3v) is 7.10. The Bertz CT molecular complexity index is 1260. The van der Waals surface area contributed by atoms with Gasteiger partial charge in [0.2, 0.25) is 5.91 Å². The number of anilines is 1. The summed E-state index contributed by atoms with van der Waals surface area (Å²) in [6, 6.07) is 11.8. The minimum Gasteiger partial charge on any atom is -0.310 e. The van der Waals surface area contributed by atoms with Gasteiger partial charge in [-0.05, 0) is 41.5 Å². The van der Waals surface area contributed by atoms with E-state index in [9.17, 15) is 35.9 Å². The van der Waals surface area contributed by atoms with Crippen LogP contribution in [0.1, 0.15) is 52.5 Å². The van der Waals surface area contributed by atoms with Crippen molar-refractivity contribution >= 4 is 17.5 Å². The number of hydrogen-bond donors (Lipinski definition) is 1. The molecule has 0 radical (unpaired) electrons. The SMILES string of the molecule is O=C1CC(c2ccc(C(F)(F)F)cc2)C2(C(=O)Nc3ncccc32)C(c2ccc(C(F)(F)F)cc2)C1. The number of hydrogen-bond acceptors (Lipinski definition) is 3. The van der Waals surface area contributed by atoms with Crippen LogP contribution < -0.4 is 5.32 Å². The number of amides is 1. The number of nitrogens with zero attached hydrogens (tertiary/aromatic N) is 1. The van der Waals surface area contributed by atoms with E-state index in [-0.39, 0.29) is 24.4 Å². The highest BCUT2D eigenvalue weighted by atomic mass is 19.4. The highest BCUT2D eigenvalue weighted by Crippen LogP contribution is 2.59. The van der Waals surface area contributed by atoms with Crippen molar-refractivity contribution in [3.63, 3.8) is 0 Å². The van der Waals surface area contributed by atoms with Gasteiger partial charge in [0.25, 0.3) is 0 Å². The number of nitrogens with one attached hydrogen (secondary N) is 1. The lowest BCUT2D eigenvalue weighted by molar-refractivity contribution is -0.138. The van der Waals surface area contributed by atoms with E-state index >= 15 is 0 Å². The first-order chi connectivity index (χ1) is 16.9. The quantitative estimate of drug-likeness (QED) is 0.421. The van der Waals surface area contributed by atoms with Crippen molar-refractivity contribution in [1.82, 2.24) is 4.98 Å². The molecule has 186 valence electrons. The number of carbonyl (C=O) groups is 2. The number of carbonyl (C=O) groups excluding carboxylic acids is 2. The minimum atomic E-state index is -4.57. The van der Waals surface area contributed by atoms with Gasteiger partial charge in [-0.15, -0.1) is 0 Å². The van der Waals surface area contributed by atoms with E-state index in [1.54, 1.807) is 12.1 Å². The summed E-state index contributed by atoms with van der Waals surface area (Å²) in [4.78, 5) is 30.9. The van der Waals surface area contributed by atoms with Gasteiger partial charge in [0.15, 0.2) is 0 Å². The number of rotatable bonds is 2. The largest absolute Gasteiger partial charge is 0.416 e. The smallest absolute Gasteiger partial charge is 0.310 e. The van der Waals surface area contributed by atoms with Crippen molar-refractivity contribution in [2.45, 2.75) is 42.4 Å². The van der Waals surface area contributed by atoms with Crippen LogP contribution in [0.15, 0.2) is 66.9 Å². The third-order valence-electron chi connectivity index (χ3n) is 7.10. The number of fused-ring (bicyclic) bond motifs is 2. The van der Waals surface area contributed by atoms with E-state index in [4.69, 9.17) is 0 Å². The van der Waals surface area contributed by atoms with E-state index in [1.165, 1.54) is 30.5 Å². The van der Waals surface area contributed by atoms with Gasteiger partial charge in [-0.1, -0.05) is 30.3 Å². The summed E-state index contributed by atoms with van der Waals surface area (Å²) in [6.07, 6.45) is -7.91. The highest BCUT2D eigenvalue weighted by Gasteiger charge is 2.61. The molecule has 1 N–H and O–H groups in total.